The van der Waals surface area contributed by atoms with Crippen molar-refractivity contribution in [3.05, 3.63) is 65.2 Å². The fourth-order valence-electron chi connectivity index (χ4n) is 2.04. The van der Waals surface area contributed by atoms with Gasteiger partial charge in [-0.3, -0.25) is 4.79 Å². The molecule has 0 saturated carbocycles. The van der Waals surface area contributed by atoms with Gasteiger partial charge in [0.25, 0.3) is 0 Å². The van der Waals surface area contributed by atoms with Crippen LogP contribution in [0, 0.1) is 5.92 Å². The Morgan fingerprint density at radius 3 is 1.89 bits per heavy atom. The molecule has 19 heavy (non-hydrogen) atoms. The van der Waals surface area contributed by atoms with Crippen LogP contribution in [0.25, 0.3) is 0 Å². The number of rotatable bonds is 4. The van der Waals surface area contributed by atoms with Crippen LogP contribution in [-0.2, 0) is 6.42 Å². The minimum atomic E-state index is -0.0175. The highest BCUT2D eigenvalue weighted by atomic mass is 16.3. The number of phenolic OH excluding ortho intramolecular Hbond substituents is 1. The molecule has 0 aliphatic heterocycles. The van der Waals surface area contributed by atoms with Crippen LogP contribution in [-0.4, -0.2) is 10.9 Å². The van der Waals surface area contributed by atoms with Crippen molar-refractivity contribution in [2.45, 2.75) is 20.3 Å². The molecule has 2 nitrogen and oxygen atoms in total. The first-order chi connectivity index (χ1) is 9.06. The molecule has 2 aromatic carbocycles. The second kappa shape index (κ2) is 5.70. The van der Waals surface area contributed by atoms with Crippen LogP contribution in [0.1, 0.15) is 35.3 Å². The lowest BCUT2D eigenvalue weighted by molar-refractivity contribution is 0.103. The number of benzene rings is 2. The molecule has 0 aliphatic carbocycles. The largest absolute Gasteiger partial charge is 0.508 e. The predicted molar refractivity (Wildman–Crippen MR) is 76.5 cm³/mol. The summed E-state index contributed by atoms with van der Waals surface area (Å²) in [7, 11) is 0. The zero-order valence-corrected chi connectivity index (χ0v) is 11.3. The molecule has 1 N–H and O–H groups in total. The van der Waals surface area contributed by atoms with Crippen molar-refractivity contribution >= 4 is 5.78 Å². The summed E-state index contributed by atoms with van der Waals surface area (Å²) in [6.45, 7) is 4.35. The Kier molecular flexibility index (Phi) is 4.00. The van der Waals surface area contributed by atoms with Gasteiger partial charge in [-0.1, -0.05) is 38.1 Å². The van der Waals surface area contributed by atoms with Crippen LogP contribution in [0.3, 0.4) is 0 Å². The number of phenols is 1. The van der Waals surface area contributed by atoms with E-state index >= 15 is 0 Å². The minimum Gasteiger partial charge on any atom is -0.508 e. The number of aromatic hydroxyl groups is 1. The smallest absolute Gasteiger partial charge is 0.193 e. The van der Waals surface area contributed by atoms with Crippen molar-refractivity contribution in [3.63, 3.8) is 0 Å². The molecule has 0 amide bonds. The second-order valence-corrected chi connectivity index (χ2v) is 5.17. The molecular formula is C17H18O2. The van der Waals surface area contributed by atoms with E-state index in [9.17, 15) is 9.90 Å². The second-order valence-electron chi connectivity index (χ2n) is 5.17. The lowest BCUT2D eigenvalue weighted by Crippen LogP contribution is -2.01. The molecule has 0 spiro atoms. The normalized spacial score (nSPS) is 10.7. The van der Waals surface area contributed by atoms with Gasteiger partial charge >= 0.3 is 0 Å². The average Bonchev–Trinajstić information content (AvgIpc) is 2.39. The maximum Gasteiger partial charge on any atom is 0.193 e. The summed E-state index contributed by atoms with van der Waals surface area (Å²) >= 11 is 0. The molecular weight excluding hydrogens is 236 g/mol. The van der Waals surface area contributed by atoms with Gasteiger partial charge in [0.15, 0.2) is 5.78 Å². The highest BCUT2D eigenvalue weighted by Crippen LogP contribution is 2.15. The Labute approximate surface area is 113 Å². The molecule has 0 bridgehead atoms. The lowest BCUT2D eigenvalue weighted by atomic mass is 9.98. The van der Waals surface area contributed by atoms with Crippen LogP contribution < -0.4 is 0 Å². The number of hydrogen-bond acceptors (Lipinski definition) is 2. The van der Waals surface area contributed by atoms with Gasteiger partial charge in [0.05, 0.1) is 0 Å². The Morgan fingerprint density at radius 2 is 1.42 bits per heavy atom. The molecule has 2 heteroatoms. The fraction of sp³-hybridized carbons (Fsp3) is 0.235. The Bertz CT molecular complexity index is 551. The van der Waals surface area contributed by atoms with Crippen molar-refractivity contribution in [1.82, 2.24) is 0 Å². The third-order valence-corrected chi connectivity index (χ3v) is 2.99. The topological polar surface area (TPSA) is 37.3 Å². The zero-order chi connectivity index (χ0) is 13.8. The maximum absolute atomic E-state index is 12.2. The van der Waals surface area contributed by atoms with Crippen LogP contribution in [0.5, 0.6) is 5.75 Å². The Morgan fingerprint density at radius 1 is 0.947 bits per heavy atom. The van der Waals surface area contributed by atoms with E-state index in [0.29, 0.717) is 17.0 Å². The van der Waals surface area contributed by atoms with E-state index in [0.717, 1.165) is 6.42 Å². The maximum atomic E-state index is 12.2. The van der Waals surface area contributed by atoms with Gasteiger partial charge in [-0.05, 0) is 42.2 Å². The number of carbonyl (C=O) groups is 1. The van der Waals surface area contributed by atoms with Crippen molar-refractivity contribution in [3.8, 4) is 5.75 Å². The van der Waals surface area contributed by atoms with Crippen molar-refractivity contribution < 1.29 is 9.90 Å². The molecule has 0 atom stereocenters. The molecule has 2 aromatic rings. The predicted octanol–water partition coefficient (Wildman–Crippen LogP) is 3.82. The number of ketones is 1. The molecule has 0 saturated heterocycles. The standard InChI is InChI=1S/C17H18O2/c1-12(2)11-13-3-5-14(6-4-13)17(19)15-7-9-16(18)10-8-15/h3-10,12,18H,11H2,1-2H3. The quantitative estimate of drug-likeness (QED) is 0.842. The summed E-state index contributed by atoms with van der Waals surface area (Å²) in [5, 5.41) is 9.22. The molecule has 98 valence electrons. The van der Waals surface area contributed by atoms with E-state index in [1.165, 1.54) is 17.7 Å². The van der Waals surface area contributed by atoms with Crippen molar-refractivity contribution in [2.24, 2.45) is 5.92 Å². The molecule has 0 aromatic heterocycles. The molecule has 2 rings (SSSR count). The Hall–Kier alpha value is -2.09. The van der Waals surface area contributed by atoms with Crippen molar-refractivity contribution in [2.75, 3.05) is 0 Å². The summed E-state index contributed by atoms with van der Waals surface area (Å²) < 4.78 is 0. The SMILES string of the molecule is CC(C)Cc1ccc(C(=O)c2ccc(O)cc2)cc1. The molecule has 0 aliphatic rings. The van der Waals surface area contributed by atoms with Gasteiger partial charge < -0.3 is 5.11 Å². The van der Waals surface area contributed by atoms with Crippen LogP contribution in [0.2, 0.25) is 0 Å². The minimum absolute atomic E-state index is 0.0175. The third-order valence-electron chi connectivity index (χ3n) is 2.99. The van der Waals surface area contributed by atoms with Gasteiger partial charge in [0.2, 0.25) is 0 Å². The van der Waals surface area contributed by atoms with E-state index in [4.69, 9.17) is 0 Å². The monoisotopic (exact) mass is 254 g/mol. The lowest BCUT2D eigenvalue weighted by Gasteiger charge is -2.06. The van der Waals surface area contributed by atoms with Crippen LogP contribution >= 0.6 is 0 Å². The number of hydrogen-bond donors (Lipinski definition) is 1. The summed E-state index contributed by atoms with van der Waals surface area (Å²) in [4.78, 5) is 12.2. The average molecular weight is 254 g/mol. The van der Waals surface area contributed by atoms with Gasteiger partial charge in [0, 0.05) is 11.1 Å². The molecule has 0 heterocycles. The Balaban J connectivity index is 2.17. The summed E-state index contributed by atoms with van der Waals surface area (Å²) in [5.41, 5.74) is 2.52. The first kappa shape index (κ1) is 13.3. The van der Waals surface area contributed by atoms with E-state index in [1.54, 1.807) is 12.1 Å². The van der Waals surface area contributed by atoms with Gasteiger partial charge in [0.1, 0.15) is 5.75 Å². The first-order valence-electron chi connectivity index (χ1n) is 6.49. The number of carbonyl (C=O) groups excluding carboxylic acids is 1. The zero-order valence-electron chi connectivity index (χ0n) is 11.3. The third kappa shape index (κ3) is 3.44. The van der Waals surface area contributed by atoms with E-state index in [-0.39, 0.29) is 11.5 Å². The summed E-state index contributed by atoms with van der Waals surface area (Å²) in [6, 6.07) is 14.1. The molecule has 0 unspecified atom stereocenters. The first-order valence-corrected chi connectivity index (χ1v) is 6.49. The summed E-state index contributed by atoms with van der Waals surface area (Å²) in [6.07, 6.45) is 1.02. The molecule has 0 fully saturated rings. The van der Waals surface area contributed by atoms with E-state index < -0.39 is 0 Å². The molecule has 0 radical (unpaired) electrons. The van der Waals surface area contributed by atoms with Gasteiger partial charge in [-0.25, -0.2) is 0 Å². The van der Waals surface area contributed by atoms with Crippen LogP contribution in [0.15, 0.2) is 48.5 Å². The van der Waals surface area contributed by atoms with E-state index in [1.807, 2.05) is 24.3 Å². The summed E-state index contributed by atoms with van der Waals surface area (Å²) in [5.74, 6) is 0.763. The van der Waals surface area contributed by atoms with E-state index in [2.05, 4.69) is 13.8 Å². The van der Waals surface area contributed by atoms with Gasteiger partial charge in [-0.2, -0.15) is 0 Å². The van der Waals surface area contributed by atoms with Gasteiger partial charge in [-0.15, -0.1) is 0 Å². The highest BCUT2D eigenvalue weighted by Gasteiger charge is 2.09. The van der Waals surface area contributed by atoms with Crippen LogP contribution in [0.4, 0.5) is 0 Å². The fourth-order valence-corrected chi connectivity index (χ4v) is 2.04. The highest BCUT2D eigenvalue weighted by molar-refractivity contribution is 6.09. The van der Waals surface area contributed by atoms with Crippen molar-refractivity contribution in [1.29, 1.82) is 0 Å².